The third-order valence-electron chi connectivity index (χ3n) is 3.69. The summed E-state index contributed by atoms with van der Waals surface area (Å²) in [5, 5.41) is 6.40. The lowest BCUT2D eigenvalue weighted by atomic mass is 10.1. The summed E-state index contributed by atoms with van der Waals surface area (Å²) in [4.78, 5) is 16.6. The van der Waals surface area contributed by atoms with Crippen LogP contribution in [0.5, 0.6) is 0 Å². The first-order chi connectivity index (χ1) is 12.1. The number of thiazole rings is 1. The number of aromatic nitrogens is 1. The highest BCUT2D eigenvalue weighted by Crippen LogP contribution is 2.26. The number of nitrogens with one attached hydrogen (secondary N) is 1. The SMILES string of the molecule is Cc1ccccc1-c1nc(CNC(=O)/C=C/c2ccccc2Cl)cs1. The topological polar surface area (TPSA) is 42.0 Å². The fourth-order valence-electron chi connectivity index (χ4n) is 2.34. The first kappa shape index (κ1) is 17.4. The van der Waals surface area contributed by atoms with E-state index in [-0.39, 0.29) is 5.91 Å². The third kappa shape index (κ3) is 4.56. The van der Waals surface area contributed by atoms with E-state index in [0.29, 0.717) is 11.6 Å². The summed E-state index contributed by atoms with van der Waals surface area (Å²) in [7, 11) is 0. The highest BCUT2D eigenvalue weighted by Gasteiger charge is 2.07. The van der Waals surface area contributed by atoms with E-state index in [1.54, 1.807) is 23.5 Å². The molecule has 0 aliphatic heterocycles. The Hall–Kier alpha value is -2.43. The average molecular weight is 369 g/mol. The van der Waals surface area contributed by atoms with Gasteiger partial charge in [0.15, 0.2) is 0 Å². The first-order valence-corrected chi connectivity index (χ1v) is 9.10. The van der Waals surface area contributed by atoms with Gasteiger partial charge in [0.25, 0.3) is 0 Å². The Bertz CT molecular complexity index is 917. The van der Waals surface area contributed by atoms with E-state index in [1.807, 2.05) is 35.7 Å². The molecule has 1 heterocycles. The van der Waals surface area contributed by atoms with Crippen LogP contribution in [0.1, 0.15) is 16.8 Å². The highest BCUT2D eigenvalue weighted by molar-refractivity contribution is 7.13. The standard InChI is InChI=1S/C20H17ClN2OS/c1-14-6-2-4-8-17(14)20-23-16(13-25-20)12-22-19(24)11-10-15-7-3-5-9-18(15)21/h2-11,13H,12H2,1H3,(H,22,24)/b11-10+. The zero-order chi connectivity index (χ0) is 17.6. The van der Waals surface area contributed by atoms with Gasteiger partial charge in [-0.15, -0.1) is 11.3 Å². The van der Waals surface area contributed by atoms with Crippen molar-refractivity contribution in [3.63, 3.8) is 0 Å². The number of rotatable bonds is 5. The molecular weight excluding hydrogens is 352 g/mol. The molecule has 0 saturated heterocycles. The predicted molar refractivity (Wildman–Crippen MR) is 105 cm³/mol. The fourth-order valence-corrected chi connectivity index (χ4v) is 3.45. The molecule has 5 heteroatoms. The quantitative estimate of drug-likeness (QED) is 0.636. The largest absolute Gasteiger partial charge is 0.347 e. The van der Waals surface area contributed by atoms with Crippen molar-refractivity contribution in [1.82, 2.24) is 10.3 Å². The Balaban J connectivity index is 1.60. The lowest BCUT2D eigenvalue weighted by Crippen LogP contribution is -2.20. The van der Waals surface area contributed by atoms with Crippen LogP contribution in [-0.4, -0.2) is 10.9 Å². The van der Waals surface area contributed by atoms with E-state index in [2.05, 4.69) is 29.4 Å². The molecule has 0 spiro atoms. The van der Waals surface area contributed by atoms with Gasteiger partial charge in [-0.2, -0.15) is 0 Å². The molecule has 25 heavy (non-hydrogen) atoms. The van der Waals surface area contributed by atoms with E-state index in [4.69, 9.17) is 11.6 Å². The minimum atomic E-state index is -0.176. The van der Waals surface area contributed by atoms with E-state index in [9.17, 15) is 4.79 Å². The molecule has 0 bridgehead atoms. The van der Waals surface area contributed by atoms with Gasteiger partial charge in [0, 0.05) is 22.0 Å². The summed E-state index contributed by atoms with van der Waals surface area (Å²) in [6.45, 7) is 2.46. The molecule has 3 aromatic rings. The van der Waals surface area contributed by atoms with E-state index in [1.165, 1.54) is 11.6 Å². The Labute approximate surface area is 156 Å². The van der Waals surface area contributed by atoms with Crippen LogP contribution in [0.25, 0.3) is 16.6 Å². The van der Waals surface area contributed by atoms with Crippen LogP contribution in [0.15, 0.2) is 60.0 Å². The van der Waals surface area contributed by atoms with Crippen molar-refractivity contribution < 1.29 is 4.79 Å². The monoisotopic (exact) mass is 368 g/mol. The molecule has 0 aliphatic carbocycles. The van der Waals surface area contributed by atoms with Gasteiger partial charge in [0.05, 0.1) is 12.2 Å². The van der Waals surface area contributed by atoms with Crippen LogP contribution in [-0.2, 0) is 11.3 Å². The fraction of sp³-hybridized carbons (Fsp3) is 0.100. The van der Waals surface area contributed by atoms with Crippen LogP contribution in [0.3, 0.4) is 0 Å². The number of carbonyl (C=O) groups excluding carboxylic acids is 1. The van der Waals surface area contributed by atoms with Crippen molar-refractivity contribution >= 4 is 34.9 Å². The molecule has 0 unspecified atom stereocenters. The zero-order valence-electron chi connectivity index (χ0n) is 13.7. The van der Waals surface area contributed by atoms with Gasteiger partial charge in [0.1, 0.15) is 5.01 Å². The van der Waals surface area contributed by atoms with E-state index < -0.39 is 0 Å². The normalized spacial score (nSPS) is 11.0. The predicted octanol–water partition coefficient (Wildman–Crippen LogP) is 5.10. The van der Waals surface area contributed by atoms with Gasteiger partial charge in [0.2, 0.25) is 5.91 Å². The van der Waals surface area contributed by atoms with Crippen LogP contribution in [0.4, 0.5) is 0 Å². The summed E-state index contributed by atoms with van der Waals surface area (Å²) < 4.78 is 0. The third-order valence-corrected chi connectivity index (χ3v) is 4.96. The molecule has 0 fully saturated rings. The molecular formula is C20H17ClN2OS. The summed E-state index contributed by atoms with van der Waals surface area (Å²) in [5.74, 6) is -0.176. The van der Waals surface area contributed by atoms with Crippen LogP contribution < -0.4 is 5.32 Å². The summed E-state index contributed by atoms with van der Waals surface area (Å²) in [6.07, 6.45) is 3.19. The average Bonchev–Trinajstić information content (AvgIpc) is 3.08. The van der Waals surface area contributed by atoms with Crippen molar-refractivity contribution in [2.45, 2.75) is 13.5 Å². The Kier molecular flexibility index (Phi) is 5.64. The molecule has 0 aliphatic rings. The number of hydrogen-bond donors (Lipinski definition) is 1. The number of amides is 1. The maximum Gasteiger partial charge on any atom is 0.244 e. The van der Waals surface area contributed by atoms with Crippen molar-refractivity contribution in [3.05, 3.63) is 81.8 Å². The first-order valence-electron chi connectivity index (χ1n) is 7.84. The van der Waals surface area contributed by atoms with E-state index in [0.717, 1.165) is 21.8 Å². The second kappa shape index (κ2) is 8.10. The molecule has 0 saturated carbocycles. The van der Waals surface area contributed by atoms with Gasteiger partial charge < -0.3 is 5.32 Å². The molecule has 126 valence electrons. The second-order valence-electron chi connectivity index (χ2n) is 5.53. The molecule has 0 atom stereocenters. The molecule has 1 N–H and O–H groups in total. The minimum Gasteiger partial charge on any atom is -0.347 e. The molecule has 0 radical (unpaired) electrons. The maximum absolute atomic E-state index is 12.0. The molecule has 3 rings (SSSR count). The Morgan fingerprint density at radius 3 is 2.76 bits per heavy atom. The maximum atomic E-state index is 12.0. The zero-order valence-corrected chi connectivity index (χ0v) is 15.3. The highest BCUT2D eigenvalue weighted by atomic mass is 35.5. The molecule has 2 aromatic carbocycles. The summed E-state index contributed by atoms with van der Waals surface area (Å²) in [5.41, 5.74) is 3.98. The number of nitrogens with zero attached hydrogens (tertiary/aromatic N) is 1. The molecule has 3 nitrogen and oxygen atoms in total. The second-order valence-corrected chi connectivity index (χ2v) is 6.80. The summed E-state index contributed by atoms with van der Waals surface area (Å²) in [6, 6.07) is 15.5. The van der Waals surface area contributed by atoms with Crippen LogP contribution in [0.2, 0.25) is 5.02 Å². The van der Waals surface area contributed by atoms with Crippen molar-refractivity contribution in [2.24, 2.45) is 0 Å². The number of hydrogen-bond acceptors (Lipinski definition) is 3. The van der Waals surface area contributed by atoms with Crippen LogP contribution in [0, 0.1) is 6.92 Å². The number of halogens is 1. The number of aryl methyl sites for hydroxylation is 1. The van der Waals surface area contributed by atoms with Crippen molar-refractivity contribution in [1.29, 1.82) is 0 Å². The van der Waals surface area contributed by atoms with E-state index >= 15 is 0 Å². The minimum absolute atomic E-state index is 0.176. The summed E-state index contributed by atoms with van der Waals surface area (Å²) >= 11 is 7.65. The number of benzene rings is 2. The molecule has 1 aromatic heterocycles. The smallest absolute Gasteiger partial charge is 0.244 e. The number of carbonyl (C=O) groups is 1. The molecule has 1 amide bonds. The van der Waals surface area contributed by atoms with Crippen molar-refractivity contribution in [2.75, 3.05) is 0 Å². The van der Waals surface area contributed by atoms with Gasteiger partial charge in [-0.25, -0.2) is 4.98 Å². The lowest BCUT2D eigenvalue weighted by Gasteiger charge is -2.01. The van der Waals surface area contributed by atoms with Crippen LogP contribution >= 0.6 is 22.9 Å². The van der Waals surface area contributed by atoms with Crippen molar-refractivity contribution in [3.8, 4) is 10.6 Å². The van der Waals surface area contributed by atoms with Gasteiger partial charge >= 0.3 is 0 Å². The Morgan fingerprint density at radius 2 is 1.96 bits per heavy atom. The van der Waals surface area contributed by atoms with Gasteiger partial charge in [-0.05, 0) is 30.2 Å². The Morgan fingerprint density at radius 1 is 1.20 bits per heavy atom. The van der Waals surface area contributed by atoms with Gasteiger partial charge in [-0.1, -0.05) is 54.1 Å². The lowest BCUT2D eigenvalue weighted by molar-refractivity contribution is -0.116. The van der Waals surface area contributed by atoms with Gasteiger partial charge in [-0.3, -0.25) is 4.79 Å².